The smallest absolute Gasteiger partial charge is 0.409 e. The summed E-state index contributed by atoms with van der Waals surface area (Å²) in [6, 6.07) is 19.3. The lowest BCUT2D eigenvalue weighted by Crippen LogP contribution is -3.00. The SMILES string of the molecule is CCC[n+]1cc(Br)cc(C(=O)Nc2ccc(CCOC(=O)NC(C)OC(=O)NCCCCc3ccccc3)cc2)c1.[Cl-]. The van der Waals surface area contributed by atoms with Crippen molar-refractivity contribution in [1.82, 2.24) is 10.6 Å². The number of aromatic nitrogens is 1. The van der Waals surface area contributed by atoms with Gasteiger partial charge in [-0.25, -0.2) is 14.2 Å². The molecule has 2 aromatic carbocycles. The van der Waals surface area contributed by atoms with Gasteiger partial charge in [0.15, 0.2) is 18.6 Å². The Hall–Kier alpha value is -3.63. The van der Waals surface area contributed by atoms with E-state index in [2.05, 4.69) is 50.9 Å². The molecule has 11 heteroatoms. The molecule has 9 nitrogen and oxygen atoms in total. The predicted octanol–water partition coefficient (Wildman–Crippen LogP) is 2.77. The second-order valence-electron chi connectivity index (χ2n) is 9.58. The number of anilines is 1. The summed E-state index contributed by atoms with van der Waals surface area (Å²) >= 11 is 3.46. The molecule has 0 radical (unpaired) electrons. The summed E-state index contributed by atoms with van der Waals surface area (Å²) < 4.78 is 13.2. The van der Waals surface area contributed by atoms with Crippen LogP contribution in [0.1, 0.15) is 54.6 Å². The number of benzene rings is 2. The lowest BCUT2D eigenvalue weighted by Gasteiger charge is -2.15. The van der Waals surface area contributed by atoms with E-state index in [0.717, 1.165) is 42.3 Å². The van der Waals surface area contributed by atoms with Crippen LogP contribution in [0.4, 0.5) is 15.3 Å². The molecule has 0 aliphatic heterocycles. The first-order valence-electron chi connectivity index (χ1n) is 13.8. The van der Waals surface area contributed by atoms with E-state index >= 15 is 0 Å². The average molecular weight is 662 g/mol. The van der Waals surface area contributed by atoms with Gasteiger partial charge in [-0.15, -0.1) is 0 Å². The Kier molecular flexibility index (Phi) is 15.4. The largest absolute Gasteiger partial charge is 1.00 e. The van der Waals surface area contributed by atoms with Crippen molar-refractivity contribution in [2.75, 3.05) is 18.5 Å². The summed E-state index contributed by atoms with van der Waals surface area (Å²) in [4.78, 5) is 36.7. The van der Waals surface area contributed by atoms with Gasteiger partial charge in [-0.1, -0.05) is 49.4 Å². The van der Waals surface area contributed by atoms with Crippen LogP contribution in [0, 0.1) is 0 Å². The first-order chi connectivity index (χ1) is 19.8. The molecule has 3 aromatic rings. The maximum Gasteiger partial charge on any atom is 0.409 e. The van der Waals surface area contributed by atoms with Crippen molar-refractivity contribution in [2.45, 2.75) is 58.7 Å². The third-order valence-corrected chi connectivity index (χ3v) is 6.51. The van der Waals surface area contributed by atoms with Gasteiger partial charge in [0.2, 0.25) is 0 Å². The van der Waals surface area contributed by atoms with Crippen molar-refractivity contribution >= 4 is 39.7 Å². The summed E-state index contributed by atoms with van der Waals surface area (Å²) in [5, 5.41) is 8.08. The van der Waals surface area contributed by atoms with E-state index in [1.165, 1.54) is 5.56 Å². The molecule has 0 saturated heterocycles. The summed E-state index contributed by atoms with van der Waals surface area (Å²) in [5.41, 5.74) is 3.44. The predicted molar refractivity (Wildman–Crippen MR) is 161 cm³/mol. The molecule has 0 saturated carbocycles. The van der Waals surface area contributed by atoms with E-state index in [-0.39, 0.29) is 24.9 Å². The molecule has 3 rings (SSSR count). The number of hydrogen-bond acceptors (Lipinski definition) is 5. The second kappa shape index (κ2) is 18.7. The van der Waals surface area contributed by atoms with Crippen molar-refractivity contribution in [2.24, 2.45) is 0 Å². The number of aryl methyl sites for hydroxylation is 2. The number of alkyl carbamates (subject to hydrolysis) is 2. The lowest BCUT2D eigenvalue weighted by molar-refractivity contribution is -0.697. The molecule has 42 heavy (non-hydrogen) atoms. The van der Waals surface area contributed by atoms with Gasteiger partial charge in [-0.05, 0) is 71.4 Å². The van der Waals surface area contributed by atoms with Crippen molar-refractivity contribution in [3.63, 3.8) is 0 Å². The second-order valence-corrected chi connectivity index (χ2v) is 10.5. The van der Waals surface area contributed by atoms with Gasteiger partial charge in [0.05, 0.1) is 11.1 Å². The van der Waals surface area contributed by atoms with E-state index < -0.39 is 18.4 Å². The monoisotopic (exact) mass is 660 g/mol. The zero-order valence-electron chi connectivity index (χ0n) is 23.9. The zero-order chi connectivity index (χ0) is 29.5. The Morgan fingerprint density at radius 2 is 1.64 bits per heavy atom. The Balaban J connectivity index is 0.00000616. The van der Waals surface area contributed by atoms with Gasteiger partial charge in [0, 0.05) is 25.1 Å². The molecule has 3 amide bonds. The molecular weight excluding hydrogens is 624 g/mol. The topological polar surface area (TPSA) is 110 Å². The molecule has 1 heterocycles. The fraction of sp³-hybridized carbons (Fsp3) is 0.355. The van der Waals surface area contributed by atoms with Crippen LogP contribution < -0.4 is 32.9 Å². The maximum atomic E-state index is 12.7. The fourth-order valence-electron chi connectivity index (χ4n) is 4.06. The number of halogens is 2. The van der Waals surface area contributed by atoms with E-state index in [9.17, 15) is 14.4 Å². The number of amides is 3. The van der Waals surface area contributed by atoms with E-state index in [1.807, 2.05) is 59.4 Å². The number of ether oxygens (including phenoxy) is 2. The number of carbonyl (C=O) groups excluding carboxylic acids is 3. The van der Waals surface area contributed by atoms with Gasteiger partial charge in [0.25, 0.3) is 5.91 Å². The summed E-state index contributed by atoms with van der Waals surface area (Å²) in [6.07, 6.45) is 5.85. The van der Waals surface area contributed by atoms with Crippen molar-refractivity contribution in [3.8, 4) is 0 Å². The number of nitrogens with zero attached hydrogens (tertiary/aromatic N) is 1. The molecule has 0 fully saturated rings. The Morgan fingerprint density at radius 1 is 0.929 bits per heavy atom. The van der Waals surface area contributed by atoms with E-state index in [1.54, 1.807) is 13.0 Å². The number of nitrogens with one attached hydrogen (secondary N) is 3. The molecular formula is C31H38BrClN4O5. The van der Waals surface area contributed by atoms with E-state index in [4.69, 9.17) is 9.47 Å². The maximum absolute atomic E-state index is 12.7. The minimum Gasteiger partial charge on any atom is -1.00 e. The summed E-state index contributed by atoms with van der Waals surface area (Å²) in [5.74, 6) is -0.197. The van der Waals surface area contributed by atoms with Crippen molar-refractivity contribution in [3.05, 3.63) is 94.2 Å². The van der Waals surface area contributed by atoms with Crippen molar-refractivity contribution in [1.29, 1.82) is 0 Å². The molecule has 226 valence electrons. The summed E-state index contributed by atoms with van der Waals surface area (Å²) in [6.45, 7) is 5.10. The summed E-state index contributed by atoms with van der Waals surface area (Å²) in [7, 11) is 0. The minimum absolute atomic E-state index is 0. The molecule has 0 bridgehead atoms. The van der Waals surface area contributed by atoms with Gasteiger partial charge in [-0.3, -0.25) is 10.1 Å². The van der Waals surface area contributed by atoms with Crippen LogP contribution in [-0.4, -0.2) is 37.5 Å². The number of carbonyl (C=O) groups is 3. The Bertz CT molecular complexity index is 1280. The minimum atomic E-state index is -0.837. The average Bonchev–Trinajstić information content (AvgIpc) is 2.94. The first kappa shape index (κ1) is 34.6. The van der Waals surface area contributed by atoms with Crippen molar-refractivity contribution < 1.29 is 40.8 Å². The molecule has 1 aromatic heterocycles. The van der Waals surface area contributed by atoms with Crippen LogP contribution >= 0.6 is 15.9 Å². The molecule has 0 spiro atoms. The van der Waals surface area contributed by atoms with Gasteiger partial charge in [0.1, 0.15) is 12.1 Å². The van der Waals surface area contributed by atoms with Crippen LogP contribution in [-0.2, 0) is 28.9 Å². The van der Waals surface area contributed by atoms with Gasteiger partial charge in [-0.2, -0.15) is 0 Å². The van der Waals surface area contributed by atoms with E-state index in [0.29, 0.717) is 24.2 Å². The number of unbranched alkanes of at least 4 members (excludes halogenated alkanes) is 1. The van der Waals surface area contributed by atoms with Crippen LogP contribution in [0.2, 0.25) is 0 Å². The van der Waals surface area contributed by atoms with Crippen LogP contribution in [0.15, 0.2) is 77.5 Å². The molecule has 0 aliphatic rings. The van der Waals surface area contributed by atoms with Crippen LogP contribution in [0.5, 0.6) is 0 Å². The van der Waals surface area contributed by atoms with Gasteiger partial charge < -0.3 is 32.5 Å². The molecule has 1 atom stereocenters. The Labute approximate surface area is 261 Å². The molecule has 0 aliphatic carbocycles. The highest BCUT2D eigenvalue weighted by molar-refractivity contribution is 9.10. The number of rotatable bonds is 14. The van der Waals surface area contributed by atoms with Gasteiger partial charge >= 0.3 is 12.2 Å². The number of pyridine rings is 1. The number of hydrogen-bond donors (Lipinski definition) is 3. The zero-order valence-corrected chi connectivity index (χ0v) is 26.2. The molecule has 1 unspecified atom stereocenters. The standard InChI is InChI=1S/C31H37BrN4O5.ClH/c1-3-18-36-21-26(20-27(32)22-36)29(37)35-28-14-12-25(13-15-28)16-19-40-31(39)34-23(2)41-30(38)33-17-8-7-11-24-9-5-4-6-10-24;/h4-6,9-10,12-15,20-23H,3,7-8,11,16-19H2,1-2H3,(H2-,33,34,35,37,38,39);1H. The van der Waals surface area contributed by atoms with Crippen LogP contribution in [0.3, 0.4) is 0 Å². The van der Waals surface area contributed by atoms with Crippen LogP contribution in [0.25, 0.3) is 0 Å². The third-order valence-electron chi connectivity index (χ3n) is 6.08. The lowest BCUT2D eigenvalue weighted by atomic mass is 10.1. The Morgan fingerprint density at radius 3 is 2.36 bits per heavy atom. The molecule has 3 N–H and O–H groups in total. The fourth-order valence-corrected chi connectivity index (χ4v) is 4.57. The normalized spacial score (nSPS) is 11.0. The highest BCUT2D eigenvalue weighted by atomic mass is 79.9. The highest BCUT2D eigenvalue weighted by Gasteiger charge is 2.14. The quantitative estimate of drug-likeness (QED) is 0.140. The highest BCUT2D eigenvalue weighted by Crippen LogP contribution is 2.14. The third kappa shape index (κ3) is 12.9. The first-order valence-corrected chi connectivity index (χ1v) is 14.6.